The Morgan fingerprint density at radius 3 is 2.44 bits per heavy atom. The first-order valence-electron chi connectivity index (χ1n) is 7.53. The maximum Gasteiger partial charge on any atom is 0.312 e. The van der Waals surface area contributed by atoms with Crippen LogP contribution in [0.2, 0.25) is 0 Å². The second-order valence-electron chi connectivity index (χ2n) is 4.99. The molecule has 8 heteroatoms. The fourth-order valence-corrected chi connectivity index (χ4v) is 1.88. The van der Waals surface area contributed by atoms with Gasteiger partial charge in [-0.1, -0.05) is 24.3 Å². The van der Waals surface area contributed by atoms with Crippen molar-refractivity contribution in [3.63, 3.8) is 0 Å². The zero-order valence-corrected chi connectivity index (χ0v) is 13.4. The quantitative estimate of drug-likeness (QED) is 0.498. The molecule has 0 saturated carbocycles. The van der Waals surface area contributed by atoms with Crippen LogP contribution in [-0.4, -0.2) is 41.9 Å². The van der Waals surface area contributed by atoms with Gasteiger partial charge in [-0.05, 0) is 24.3 Å². The van der Waals surface area contributed by atoms with Gasteiger partial charge < -0.3 is 20.5 Å². The molecule has 2 rings (SSSR count). The average Bonchev–Trinajstić information content (AvgIpc) is 2.60. The highest BCUT2D eigenvalue weighted by Crippen LogP contribution is 2.24. The lowest BCUT2D eigenvalue weighted by atomic mass is 10.3. The number of nitrogens with two attached hydrogens (primary N) is 1. The number of urea groups is 1. The lowest BCUT2D eigenvalue weighted by Crippen LogP contribution is -2.40. The Bertz CT molecular complexity index is 708. The number of nitrogens with zero attached hydrogens (tertiary/aromatic N) is 1. The van der Waals surface area contributed by atoms with E-state index in [1.54, 1.807) is 24.3 Å². The summed E-state index contributed by atoms with van der Waals surface area (Å²) in [7, 11) is 0. The normalized spacial score (nSPS) is 9.96. The first kappa shape index (κ1) is 18.1. The SMILES string of the molecule is NC(=O)NCCN(O)C(=O)COc1cccc(Oc2ccccc2)c1. The van der Waals surface area contributed by atoms with Crippen LogP contribution in [0, 0.1) is 0 Å². The standard InChI is InChI=1S/C17H19N3O5/c18-17(22)19-9-10-20(23)16(21)12-24-14-7-4-8-15(11-14)25-13-5-2-1-3-6-13/h1-8,11,23H,9-10,12H2,(H3,18,19,22). The molecule has 2 aromatic rings. The summed E-state index contributed by atoms with van der Waals surface area (Å²) >= 11 is 0. The Morgan fingerprint density at radius 1 is 1.04 bits per heavy atom. The summed E-state index contributed by atoms with van der Waals surface area (Å²) in [6, 6.07) is 15.3. The summed E-state index contributed by atoms with van der Waals surface area (Å²) in [5.74, 6) is 1.01. The number of hydrogen-bond acceptors (Lipinski definition) is 5. The van der Waals surface area contributed by atoms with Crippen molar-refractivity contribution >= 4 is 11.9 Å². The third-order valence-electron chi connectivity index (χ3n) is 3.06. The molecule has 132 valence electrons. The van der Waals surface area contributed by atoms with Crippen LogP contribution in [0.1, 0.15) is 0 Å². The second kappa shape index (κ2) is 9.14. The van der Waals surface area contributed by atoms with Gasteiger partial charge in [0.05, 0.1) is 6.54 Å². The van der Waals surface area contributed by atoms with Gasteiger partial charge in [0.2, 0.25) is 0 Å². The van der Waals surface area contributed by atoms with Crippen molar-refractivity contribution in [3.05, 3.63) is 54.6 Å². The predicted molar refractivity (Wildman–Crippen MR) is 89.5 cm³/mol. The third-order valence-corrected chi connectivity index (χ3v) is 3.06. The van der Waals surface area contributed by atoms with E-state index in [0.717, 1.165) is 0 Å². The van der Waals surface area contributed by atoms with Crippen LogP contribution in [0.5, 0.6) is 17.2 Å². The topological polar surface area (TPSA) is 114 Å². The van der Waals surface area contributed by atoms with E-state index in [1.807, 2.05) is 30.3 Å². The Labute approximate surface area is 144 Å². The van der Waals surface area contributed by atoms with E-state index in [0.29, 0.717) is 22.3 Å². The summed E-state index contributed by atoms with van der Waals surface area (Å²) in [5, 5.41) is 12.3. The Hall–Kier alpha value is -3.26. The summed E-state index contributed by atoms with van der Waals surface area (Å²) in [6.07, 6.45) is 0. The molecule has 0 saturated heterocycles. The second-order valence-corrected chi connectivity index (χ2v) is 4.99. The molecule has 25 heavy (non-hydrogen) atoms. The maximum absolute atomic E-state index is 11.7. The van der Waals surface area contributed by atoms with Gasteiger partial charge in [-0.3, -0.25) is 10.0 Å². The molecule has 0 radical (unpaired) electrons. The Balaban J connectivity index is 1.83. The summed E-state index contributed by atoms with van der Waals surface area (Å²) in [5.41, 5.74) is 4.89. The summed E-state index contributed by atoms with van der Waals surface area (Å²) in [4.78, 5) is 22.3. The summed E-state index contributed by atoms with van der Waals surface area (Å²) in [6.45, 7) is -0.415. The lowest BCUT2D eigenvalue weighted by Gasteiger charge is -2.15. The zero-order chi connectivity index (χ0) is 18.1. The third kappa shape index (κ3) is 6.40. The molecule has 0 spiro atoms. The van der Waals surface area contributed by atoms with E-state index in [9.17, 15) is 14.8 Å². The van der Waals surface area contributed by atoms with Crippen LogP contribution in [-0.2, 0) is 4.79 Å². The van der Waals surface area contributed by atoms with Gasteiger partial charge in [0.15, 0.2) is 6.61 Å². The van der Waals surface area contributed by atoms with E-state index in [4.69, 9.17) is 15.2 Å². The maximum atomic E-state index is 11.7. The molecule has 0 aromatic heterocycles. The van der Waals surface area contributed by atoms with Crippen molar-refractivity contribution in [2.45, 2.75) is 0 Å². The van der Waals surface area contributed by atoms with Gasteiger partial charge in [-0.15, -0.1) is 0 Å². The molecule has 0 aliphatic heterocycles. The molecular formula is C17H19N3O5. The monoisotopic (exact) mass is 345 g/mol. The van der Waals surface area contributed by atoms with E-state index in [-0.39, 0.29) is 19.7 Å². The van der Waals surface area contributed by atoms with Crippen LogP contribution in [0.4, 0.5) is 4.79 Å². The fourth-order valence-electron chi connectivity index (χ4n) is 1.88. The largest absolute Gasteiger partial charge is 0.484 e. The van der Waals surface area contributed by atoms with Crippen molar-refractivity contribution in [2.75, 3.05) is 19.7 Å². The number of carbonyl (C=O) groups is 2. The summed E-state index contributed by atoms with van der Waals surface area (Å²) < 4.78 is 11.0. The van der Waals surface area contributed by atoms with Crippen molar-refractivity contribution in [1.29, 1.82) is 0 Å². The molecule has 0 fully saturated rings. The molecule has 3 amide bonds. The molecule has 2 aromatic carbocycles. The van der Waals surface area contributed by atoms with Gasteiger partial charge in [0.1, 0.15) is 17.2 Å². The van der Waals surface area contributed by atoms with Gasteiger partial charge in [0, 0.05) is 12.6 Å². The van der Waals surface area contributed by atoms with Crippen molar-refractivity contribution in [3.8, 4) is 17.2 Å². The minimum absolute atomic E-state index is 0.0397. The highest BCUT2D eigenvalue weighted by atomic mass is 16.5. The average molecular weight is 345 g/mol. The Morgan fingerprint density at radius 2 is 1.72 bits per heavy atom. The number of carbonyl (C=O) groups excluding carboxylic acids is 2. The number of para-hydroxylation sites is 1. The van der Waals surface area contributed by atoms with Crippen molar-refractivity contribution in [1.82, 2.24) is 10.4 Å². The number of amides is 3. The van der Waals surface area contributed by atoms with Crippen molar-refractivity contribution < 1.29 is 24.3 Å². The van der Waals surface area contributed by atoms with Gasteiger partial charge in [-0.2, -0.15) is 0 Å². The molecule has 8 nitrogen and oxygen atoms in total. The first-order chi connectivity index (χ1) is 12.0. The first-order valence-corrected chi connectivity index (χ1v) is 7.53. The molecule has 0 unspecified atom stereocenters. The number of primary amides is 1. The highest BCUT2D eigenvalue weighted by molar-refractivity contribution is 5.76. The van der Waals surface area contributed by atoms with E-state index >= 15 is 0 Å². The minimum Gasteiger partial charge on any atom is -0.484 e. The molecular weight excluding hydrogens is 326 g/mol. The molecule has 0 atom stereocenters. The number of hydrogen-bond donors (Lipinski definition) is 3. The number of nitrogens with one attached hydrogen (secondary N) is 1. The van der Waals surface area contributed by atoms with E-state index in [2.05, 4.69) is 5.32 Å². The van der Waals surface area contributed by atoms with Crippen LogP contribution in [0.25, 0.3) is 0 Å². The van der Waals surface area contributed by atoms with Gasteiger partial charge >= 0.3 is 6.03 Å². The fraction of sp³-hybridized carbons (Fsp3) is 0.176. The van der Waals surface area contributed by atoms with E-state index < -0.39 is 11.9 Å². The molecule has 0 aliphatic rings. The van der Waals surface area contributed by atoms with Crippen LogP contribution >= 0.6 is 0 Å². The van der Waals surface area contributed by atoms with Crippen LogP contribution < -0.4 is 20.5 Å². The number of ether oxygens (including phenoxy) is 2. The van der Waals surface area contributed by atoms with E-state index in [1.165, 1.54) is 0 Å². The zero-order valence-electron chi connectivity index (χ0n) is 13.4. The predicted octanol–water partition coefficient (Wildman–Crippen LogP) is 1.74. The van der Waals surface area contributed by atoms with Crippen LogP contribution in [0.15, 0.2) is 54.6 Å². The number of rotatable bonds is 8. The highest BCUT2D eigenvalue weighted by Gasteiger charge is 2.12. The van der Waals surface area contributed by atoms with Crippen LogP contribution in [0.3, 0.4) is 0 Å². The van der Waals surface area contributed by atoms with Gasteiger partial charge in [-0.25, -0.2) is 9.86 Å². The molecule has 4 N–H and O–H groups in total. The van der Waals surface area contributed by atoms with Crippen molar-refractivity contribution in [2.24, 2.45) is 5.73 Å². The van der Waals surface area contributed by atoms with Gasteiger partial charge in [0.25, 0.3) is 5.91 Å². The lowest BCUT2D eigenvalue weighted by molar-refractivity contribution is -0.167. The molecule has 0 bridgehead atoms. The smallest absolute Gasteiger partial charge is 0.312 e. The number of benzene rings is 2. The molecule has 0 heterocycles. The number of hydroxylamine groups is 2. The Kier molecular flexibility index (Phi) is 6.61. The molecule has 0 aliphatic carbocycles. The minimum atomic E-state index is -0.729.